The SMILES string of the molecule is O=C(O)c1ccc(Br)cc1NCc1ccco1. The number of carboxylic acids is 1. The summed E-state index contributed by atoms with van der Waals surface area (Å²) < 4.78 is 5.99. The lowest BCUT2D eigenvalue weighted by Crippen LogP contribution is -2.05. The van der Waals surface area contributed by atoms with Gasteiger partial charge in [-0.15, -0.1) is 0 Å². The molecule has 4 nitrogen and oxygen atoms in total. The topological polar surface area (TPSA) is 62.5 Å². The molecule has 0 unspecified atom stereocenters. The summed E-state index contributed by atoms with van der Waals surface area (Å²) in [7, 11) is 0. The van der Waals surface area contributed by atoms with Crippen molar-refractivity contribution in [3.05, 3.63) is 52.4 Å². The van der Waals surface area contributed by atoms with Crippen LogP contribution in [0.5, 0.6) is 0 Å². The van der Waals surface area contributed by atoms with Crippen molar-refractivity contribution in [2.45, 2.75) is 6.54 Å². The summed E-state index contributed by atoms with van der Waals surface area (Å²) in [5.41, 5.74) is 0.794. The van der Waals surface area contributed by atoms with Crippen LogP contribution in [0.2, 0.25) is 0 Å². The van der Waals surface area contributed by atoms with Gasteiger partial charge in [-0.3, -0.25) is 0 Å². The average molecular weight is 296 g/mol. The van der Waals surface area contributed by atoms with E-state index >= 15 is 0 Å². The number of nitrogens with one attached hydrogen (secondary N) is 1. The molecule has 0 spiro atoms. The van der Waals surface area contributed by atoms with Gasteiger partial charge < -0.3 is 14.8 Å². The molecule has 1 aromatic heterocycles. The van der Waals surface area contributed by atoms with Crippen LogP contribution < -0.4 is 5.32 Å². The first-order valence-electron chi connectivity index (χ1n) is 4.96. The number of halogens is 1. The monoisotopic (exact) mass is 295 g/mol. The fraction of sp³-hybridized carbons (Fsp3) is 0.0833. The highest BCUT2D eigenvalue weighted by atomic mass is 79.9. The first-order valence-corrected chi connectivity index (χ1v) is 5.75. The van der Waals surface area contributed by atoms with Crippen molar-refractivity contribution < 1.29 is 14.3 Å². The second kappa shape index (κ2) is 5.05. The molecule has 0 atom stereocenters. The summed E-state index contributed by atoms with van der Waals surface area (Å²) in [4.78, 5) is 11.0. The van der Waals surface area contributed by atoms with Gasteiger partial charge in [-0.05, 0) is 30.3 Å². The fourth-order valence-electron chi connectivity index (χ4n) is 1.44. The van der Waals surface area contributed by atoms with Crippen LogP contribution in [0.25, 0.3) is 0 Å². The van der Waals surface area contributed by atoms with E-state index in [0.29, 0.717) is 12.2 Å². The number of aromatic carboxylic acids is 1. The molecule has 0 saturated carbocycles. The Kier molecular flexibility index (Phi) is 3.49. The molecule has 0 bridgehead atoms. The minimum atomic E-state index is -0.959. The molecule has 1 aromatic carbocycles. The summed E-state index contributed by atoms with van der Waals surface area (Å²) >= 11 is 3.31. The smallest absolute Gasteiger partial charge is 0.337 e. The number of rotatable bonds is 4. The summed E-state index contributed by atoms with van der Waals surface area (Å²) in [6, 6.07) is 8.59. The zero-order chi connectivity index (χ0) is 12.3. The third-order valence-corrected chi connectivity index (χ3v) is 2.74. The van der Waals surface area contributed by atoms with E-state index in [9.17, 15) is 4.79 Å². The van der Waals surface area contributed by atoms with E-state index in [1.807, 2.05) is 6.07 Å². The van der Waals surface area contributed by atoms with Gasteiger partial charge in [-0.1, -0.05) is 15.9 Å². The van der Waals surface area contributed by atoms with E-state index in [-0.39, 0.29) is 5.56 Å². The highest BCUT2D eigenvalue weighted by Crippen LogP contribution is 2.22. The standard InChI is InChI=1S/C12H10BrNO3/c13-8-3-4-10(12(15)16)11(6-8)14-7-9-2-1-5-17-9/h1-6,14H,7H2,(H,15,16). The molecular formula is C12H10BrNO3. The molecule has 5 heteroatoms. The third-order valence-electron chi connectivity index (χ3n) is 2.25. The van der Waals surface area contributed by atoms with E-state index < -0.39 is 5.97 Å². The Morgan fingerprint density at radius 2 is 2.24 bits per heavy atom. The molecule has 17 heavy (non-hydrogen) atoms. The van der Waals surface area contributed by atoms with Crippen molar-refractivity contribution in [2.24, 2.45) is 0 Å². The van der Waals surface area contributed by atoms with Crippen molar-refractivity contribution >= 4 is 27.6 Å². The maximum absolute atomic E-state index is 11.0. The first kappa shape index (κ1) is 11.7. The van der Waals surface area contributed by atoms with Crippen molar-refractivity contribution in [2.75, 3.05) is 5.32 Å². The quantitative estimate of drug-likeness (QED) is 0.908. The van der Waals surface area contributed by atoms with E-state index in [1.54, 1.807) is 30.5 Å². The number of furan rings is 1. The maximum Gasteiger partial charge on any atom is 0.337 e. The minimum Gasteiger partial charge on any atom is -0.478 e. The molecule has 0 aliphatic carbocycles. The van der Waals surface area contributed by atoms with Gasteiger partial charge in [-0.25, -0.2) is 4.79 Å². The Morgan fingerprint density at radius 3 is 2.88 bits per heavy atom. The summed E-state index contributed by atoms with van der Waals surface area (Å²) in [5, 5.41) is 12.1. The lowest BCUT2D eigenvalue weighted by molar-refractivity contribution is 0.0698. The Morgan fingerprint density at radius 1 is 1.41 bits per heavy atom. The molecule has 88 valence electrons. The van der Waals surface area contributed by atoms with E-state index in [4.69, 9.17) is 9.52 Å². The molecule has 2 rings (SSSR count). The molecule has 0 aliphatic rings. The van der Waals surface area contributed by atoms with Crippen LogP contribution in [0, 0.1) is 0 Å². The molecule has 0 aliphatic heterocycles. The number of carbonyl (C=O) groups is 1. The number of benzene rings is 1. The van der Waals surface area contributed by atoms with Crippen LogP contribution in [0.3, 0.4) is 0 Å². The fourth-order valence-corrected chi connectivity index (χ4v) is 1.81. The average Bonchev–Trinajstić information content (AvgIpc) is 2.78. The Balaban J connectivity index is 2.19. The molecule has 2 N–H and O–H groups in total. The number of hydrogen-bond donors (Lipinski definition) is 2. The van der Waals surface area contributed by atoms with Crippen LogP contribution in [0.1, 0.15) is 16.1 Å². The summed E-state index contributed by atoms with van der Waals surface area (Å²) in [6.45, 7) is 0.448. The van der Waals surface area contributed by atoms with Crippen LogP contribution in [-0.4, -0.2) is 11.1 Å². The Labute approximate surface area is 106 Å². The summed E-state index contributed by atoms with van der Waals surface area (Å²) in [5.74, 6) is -0.208. The molecule has 0 amide bonds. The normalized spacial score (nSPS) is 10.2. The van der Waals surface area contributed by atoms with E-state index in [1.165, 1.54) is 0 Å². The Hall–Kier alpha value is -1.75. The van der Waals surface area contributed by atoms with Gasteiger partial charge >= 0.3 is 5.97 Å². The van der Waals surface area contributed by atoms with Gasteiger partial charge in [0.1, 0.15) is 5.76 Å². The lowest BCUT2D eigenvalue weighted by atomic mass is 10.2. The largest absolute Gasteiger partial charge is 0.478 e. The number of anilines is 1. The van der Waals surface area contributed by atoms with Gasteiger partial charge in [0.15, 0.2) is 0 Å². The molecule has 2 aromatic rings. The second-order valence-electron chi connectivity index (χ2n) is 3.43. The number of carboxylic acid groups (broad SMARTS) is 1. The number of hydrogen-bond acceptors (Lipinski definition) is 3. The van der Waals surface area contributed by atoms with Crippen molar-refractivity contribution in [1.82, 2.24) is 0 Å². The highest BCUT2D eigenvalue weighted by molar-refractivity contribution is 9.10. The first-order chi connectivity index (χ1) is 8.16. The second-order valence-corrected chi connectivity index (χ2v) is 4.34. The predicted octanol–water partition coefficient (Wildman–Crippen LogP) is 3.35. The zero-order valence-corrected chi connectivity index (χ0v) is 10.4. The van der Waals surface area contributed by atoms with Crippen LogP contribution >= 0.6 is 15.9 Å². The predicted molar refractivity (Wildman–Crippen MR) is 67.1 cm³/mol. The van der Waals surface area contributed by atoms with Gasteiger partial charge in [0.05, 0.1) is 24.1 Å². The van der Waals surface area contributed by atoms with Crippen molar-refractivity contribution in [1.29, 1.82) is 0 Å². The minimum absolute atomic E-state index is 0.236. The molecule has 1 heterocycles. The van der Waals surface area contributed by atoms with Crippen LogP contribution in [-0.2, 0) is 6.54 Å². The van der Waals surface area contributed by atoms with E-state index in [0.717, 1.165) is 10.2 Å². The van der Waals surface area contributed by atoms with E-state index in [2.05, 4.69) is 21.2 Å². The molecule has 0 saturated heterocycles. The van der Waals surface area contributed by atoms with Gasteiger partial charge in [0, 0.05) is 4.47 Å². The Bertz CT molecular complexity index is 523. The van der Waals surface area contributed by atoms with Crippen molar-refractivity contribution in [3.8, 4) is 0 Å². The van der Waals surface area contributed by atoms with Crippen molar-refractivity contribution in [3.63, 3.8) is 0 Å². The highest BCUT2D eigenvalue weighted by Gasteiger charge is 2.10. The molecular weight excluding hydrogens is 286 g/mol. The van der Waals surface area contributed by atoms with Gasteiger partial charge in [0.2, 0.25) is 0 Å². The van der Waals surface area contributed by atoms with Gasteiger partial charge in [-0.2, -0.15) is 0 Å². The van der Waals surface area contributed by atoms with Crippen LogP contribution in [0.4, 0.5) is 5.69 Å². The lowest BCUT2D eigenvalue weighted by Gasteiger charge is -2.08. The van der Waals surface area contributed by atoms with Gasteiger partial charge in [0.25, 0.3) is 0 Å². The summed E-state index contributed by atoms with van der Waals surface area (Å²) in [6.07, 6.45) is 1.58. The molecule has 0 fully saturated rings. The zero-order valence-electron chi connectivity index (χ0n) is 8.81. The third kappa shape index (κ3) is 2.88. The molecule has 0 radical (unpaired) electrons. The maximum atomic E-state index is 11.0. The van der Waals surface area contributed by atoms with Crippen LogP contribution in [0.15, 0.2) is 45.5 Å².